The van der Waals surface area contributed by atoms with Crippen LogP contribution in [0, 0.1) is 6.92 Å². The lowest BCUT2D eigenvalue weighted by Gasteiger charge is -2.19. The number of carbonyl (C=O) groups excluding carboxylic acids is 1. The first-order chi connectivity index (χ1) is 9.24. The summed E-state index contributed by atoms with van der Waals surface area (Å²) < 4.78 is 0. The Morgan fingerprint density at radius 3 is 2.68 bits per heavy atom. The minimum atomic E-state index is 0.00327. The Bertz CT molecular complexity index is 607. The summed E-state index contributed by atoms with van der Waals surface area (Å²) >= 11 is 0. The minimum absolute atomic E-state index is 0.00327. The van der Waals surface area contributed by atoms with Crippen LogP contribution in [0.1, 0.15) is 22.7 Å². The molecule has 0 radical (unpaired) electrons. The Kier molecular flexibility index (Phi) is 3.05. The maximum atomic E-state index is 11.7. The first kappa shape index (κ1) is 11.9. The van der Waals surface area contributed by atoms with E-state index in [1.165, 1.54) is 11.1 Å². The highest BCUT2D eigenvalue weighted by Gasteiger charge is 2.22. The summed E-state index contributed by atoms with van der Waals surface area (Å²) in [5.74, 6) is 0.00327. The number of anilines is 1. The van der Waals surface area contributed by atoms with Crippen molar-refractivity contribution in [1.82, 2.24) is 5.32 Å². The van der Waals surface area contributed by atoms with E-state index in [9.17, 15) is 4.79 Å². The van der Waals surface area contributed by atoms with Crippen molar-refractivity contribution in [2.75, 3.05) is 11.9 Å². The molecule has 0 aromatic heterocycles. The van der Waals surface area contributed by atoms with Gasteiger partial charge in [-0.1, -0.05) is 48.0 Å². The summed E-state index contributed by atoms with van der Waals surface area (Å²) in [4.78, 5) is 11.7. The predicted octanol–water partition coefficient (Wildman–Crippen LogP) is 2.63. The van der Waals surface area contributed by atoms with Gasteiger partial charge in [0.1, 0.15) is 0 Å². The molecule has 0 fully saturated rings. The Hall–Kier alpha value is -2.13. The molecule has 2 N–H and O–H groups in total. The fraction of sp³-hybridized carbons (Fsp3) is 0.188. The third-order valence-electron chi connectivity index (χ3n) is 3.39. The number of benzene rings is 2. The van der Waals surface area contributed by atoms with Crippen molar-refractivity contribution in [2.24, 2.45) is 0 Å². The number of carbonyl (C=O) groups is 1. The number of aryl methyl sites for hydroxylation is 1. The lowest BCUT2D eigenvalue weighted by molar-refractivity contribution is -0.115. The van der Waals surface area contributed by atoms with Gasteiger partial charge in [-0.3, -0.25) is 10.1 Å². The normalized spacial score (nSPS) is 18.4. The van der Waals surface area contributed by atoms with Crippen molar-refractivity contribution in [3.05, 3.63) is 65.2 Å². The SMILES string of the molecule is Cc1ccc2c(c1)[C@@H](c1ccccc1)NCC(=O)N2. The minimum Gasteiger partial charge on any atom is -0.325 e. The van der Waals surface area contributed by atoms with Crippen LogP contribution in [0.2, 0.25) is 0 Å². The molecule has 96 valence electrons. The van der Waals surface area contributed by atoms with Gasteiger partial charge < -0.3 is 5.32 Å². The molecule has 1 atom stereocenters. The van der Waals surface area contributed by atoms with E-state index in [2.05, 4.69) is 35.8 Å². The van der Waals surface area contributed by atoms with Crippen LogP contribution in [0.4, 0.5) is 5.69 Å². The molecule has 1 amide bonds. The maximum absolute atomic E-state index is 11.7. The van der Waals surface area contributed by atoms with Gasteiger partial charge in [0, 0.05) is 5.69 Å². The number of hydrogen-bond donors (Lipinski definition) is 2. The largest absolute Gasteiger partial charge is 0.325 e. The molecule has 2 aromatic rings. The lowest BCUT2D eigenvalue weighted by atomic mass is 9.96. The summed E-state index contributed by atoms with van der Waals surface area (Å²) in [6.45, 7) is 2.39. The first-order valence-corrected chi connectivity index (χ1v) is 6.43. The van der Waals surface area contributed by atoms with Gasteiger partial charge in [0.15, 0.2) is 0 Å². The van der Waals surface area contributed by atoms with E-state index in [-0.39, 0.29) is 11.9 Å². The molecule has 0 aliphatic carbocycles. The third kappa shape index (κ3) is 2.37. The number of amides is 1. The van der Waals surface area contributed by atoms with E-state index in [0.29, 0.717) is 6.54 Å². The zero-order chi connectivity index (χ0) is 13.2. The molecule has 3 heteroatoms. The van der Waals surface area contributed by atoms with Crippen LogP contribution in [-0.4, -0.2) is 12.5 Å². The molecule has 1 heterocycles. The number of nitrogens with one attached hydrogen (secondary N) is 2. The second-order valence-corrected chi connectivity index (χ2v) is 4.86. The van der Waals surface area contributed by atoms with E-state index in [0.717, 1.165) is 11.3 Å². The van der Waals surface area contributed by atoms with Gasteiger partial charge >= 0.3 is 0 Å². The number of fused-ring (bicyclic) bond motifs is 1. The van der Waals surface area contributed by atoms with Crippen LogP contribution in [0.3, 0.4) is 0 Å². The highest BCUT2D eigenvalue weighted by molar-refractivity contribution is 5.94. The lowest BCUT2D eigenvalue weighted by Crippen LogP contribution is -2.27. The van der Waals surface area contributed by atoms with Crippen LogP contribution in [0.25, 0.3) is 0 Å². The Morgan fingerprint density at radius 2 is 1.89 bits per heavy atom. The second-order valence-electron chi connectivity index (χ2n) is 4.86. The number of hydrogen-bond acceptors (Lipinski definition) is 2. The molecule has 0 saturated carbocycles. The molecule has 0 unspecified atom stereocenters. The molecule has 0 saturated heterocycles. The van der Waals surface area contributed by atoms with Gasteiger partial charge in [0.2, 0.25) is 5.91 Å². The quantitative estimate of drug-likeness (QED) is 0.819. The van der Waals surface area contributed by atoms with Gasteiger partial charge in [-0.2, -0.15) is 0 Å². The summed E-state index contributed by atoms with van der Waals surface area (Å²) in [5, 5.41) is 6.27. The van der Waals surface area contributed by atoms with Crippen molar-refractivity contribution >= 4 is 11.6 Å². The van der Waals surface area contributed by atoms with E-state index in [1.807, 2.05) is 30.3 Å². The summed E-state index contributed by atoms with van der Waals surface area (Å²) in [6, 6.07) is 16.4. The smallest absolute Gasteiger partial charge is 0.238 e. The average Bonchev–Trinajstić information content (AvgIpc) is 2.58. The fourth-order valence-corrected chi connectivity index (χ4v) is 2.48. The van der Waals surface area contributed by atoms with E-state index < -0.39 is 0 Å². The molecule has 1 aliphatic heterocycles. The van der Waals surface area contributed by atoms with Crippen molar-refractivity contribution in [1.29, 1.82) is 0 Å². The zero-order valence-corrected chi connectivity index (χ0v) is 10.8. The fourth-order valence-electron chi connectivity index (χ4n) is 2.48. The van der Waals surface area contributed by atoms with Gasteiger partial charge in [0.05, 0.1) is 12.6 Å². The van der Waals surface area contributed by atoms with Gasteiger partial charge in [-0.15, -0.1) is 0 Å². The molecule has 0 bridgehead atoms. The van der Waals surface area contributed by atoms with Gasteiger partial charge in [-0.25, -0.2) is 0 Å². The standard InChI is InChI=1S/C16H16N2O/c1-11-7-8-14-13(9-11)16(17-10-15(19)18-14)12-5-3-2-4-6-12/h2-9,16-17H,10H2,1H3,(H,18,19)/t16-/m1/s1. The summed E-state index contributed by atoms with van der Waals surface area (Å²) in [7, 11) is 0. The molecule has 19 heavy (non-hydrogen) atoms. The third-order valence-corrected chi connectivity index (χ3v) is 3.39. The first-order valence-electron chi connectivity index (χ1n) is 6.43. The maximum Gasteiger partial charge on any atom is 0.238 e. The highest BCUT2D eigenvalue weighted by Crippen LogP contribution is 2.30. The molecule has 1 aliphatic rings. The predicted molar refractivity (Wildman–Crippen MR) is 76.1 cm³/mol. The molecule has 0 spiro atoms. The van der Waals surface area contributed by atoms with E-state index >= 15 is 0 Å². The van der Waals surface area contributed by atoms with Crippen LogP contribution in [0.5, 0.6) is 0 Å². The second kappa shape index (κ2) is 4.86. The van der Waals surface area contributed by atoms with Crippen LogP contribution in [0.15, 0.2) is 48.5 Å². The molecular formula is C16H16N2O. The Labute approximate surface area is 112 Å². The van der Waals surface area contributed by atoms with Crippen LogP contribution >= 0.6 is 0 Å². The van der Waals surface area contributed by atoms with Crippen molar-refractivity contribution < 1.29 is 4.79 Å². The topological polar surface area (TPSA) is 41.1 Å². The zero-order valence-electron chi connectivity index (χ0n) is 10.8. The average molecular weight is 252 g/mol. The van der Waals surface area contributed by atoms with Crippen LogP contribution < -0.4 is 10.6 Å². The molecular weight excluding hydrogens is 236 g/mol. The Balaban J connectivity index is 2.11. The number of rotatable bonds is 1. The van der Waals surface area contributed by atoms with Gasteiger partial charge in [0.25, 0.3) is 0 Å². The van der Waals surface area contributed by atoms with Gasteiger partial charge in [-0.05, 0) is 24.1 Å². The van der Waals surface area contributed by atoms with Crippen molar-refractivity contribution in [2.45, 2.75) is 13.0 Å². The van der Waals surface area contributed by atoms with Crippen LogP contribution in [-0.2, 0) is 4.79 Å². The summed E-state index contributed by atoms with van der Waals surface area (Å²) in [6.07, 6.45) is 0. The van der Waals surface area contributed by atoms with Crippen molar-refractivity contribution in [3.8, 4) is 0 Å². The highest BCUT2D eigenvalue weighted by atomic mass is 16.1. The van der Waals surface area contributed by atoms with Crippen molar-refractivity contribution in [3.63, 3.8) is 0 Å². The molecule has 3 rings (SSSR count). The molecule has 3 nitrogen and oxygen atoms in total. The summed E-state index contributed by atoms with van der Waals surface area (Å²) in [5.41, 5.74) is 4.38. The molecule has 2 aromatic carbocycles. The monoisotopic (exact) mass is 252 g/mol. The van der Waals surface area contributed by atoms with E-state index in [4.69, 9.17) is 0 Å². The Morgan fingerprint density at radius 1 is 1.11 bits per heavy atom. The van der Waals surface area contributed by atoms with E-state index in [1.54, 1.807) is 0 Å².